The lowest BCUT2D eigenvalue weighted by molar-refractivity contribution is -0.115. The summed E-state index contributed by atoms with van der Waals surface area (Å²) in [6.07, 6.45) is 7.63. The minimum absolute atomic E-state index is 0.0944. The third-order valence-corrected chi connectivity index (χ3v) is 5.97. The molecule has 2 aromatic rings. The fraction of sp³-hybridized carbons (Fsp3) is 0.375. The molecule has 0 saturated heterocycles. The van der Waals surface area contributed by atoms with E-state index in [-0.39, 0.29) is 18.2 Å². The highest BCUT2D eigenvalue weighted by molar-refractivity contribution is 7.14. The standard InChI is InChI=1S/C24H30N4O2S/c1-15(2)12-16-8-10-17(11-9-16)20-14-31-24(27-20)28-21(29)13-18-6-5-7-19(25-3)22(18)23(30)26-4/h5-8,10,14-15,25H,9,11-13H2,1-4H3,(H,26,30)(H,27,28,29). The van der Waals surface area contributed by atoms with Crippen molar-refractivity contribution < 1.29 is 9.59 Å². The number of carbonyl (C=O) groups is 2. The molecule has 1 aliphatic rings. The normalized spacial score (nSPS) is 13.5. The Labute approximate surface area is 187 Å². The maximum atomic E-state index is 12.7. The molecule has 0 unspecified atom stereocenters. The van der Waals surface area contributed by atoms with E-state index >= 15 is 0 Å². The topological polar surface area (TPSA) is 83.1 Å². The Morgan fingerprint density at radius 1 is 1.16 bits per heavy atom. The first-order valence-corrected chi connectivity index (χ1v) is 11.4. The van der Waals surface area contributed by atoms with Crippen molar-refractivity contribution in [3.8, 4) is 0 Å². The molecule has 0 spiro atoms. The second-order valence-electron chi connectivity index (χ2n) is 8.05. The van der Waals surface area contributed by atoms with Gasteiger partial charge in [-0.05, 0) is 42.4 Å². The van der Waals surface area contributed by atoms with Gasteiger partial charge in [-0.1, -0.05) is 43.7 Å². The van der Waals surface area contributed by atoms with E-state index in [9.17, 15) is 9.59 Å². The number of nitrogens with zero attached hydrogens (tertiary/aromatic N) is 1. The van der Waals surface area contributed by atoms with Gasteiger partial charge in [-0.25, -0.2) is 4.98 Å². The van der Waals surface area contributed by atoms with Gasteiger partial charge in [0.2, 0.25) is 5.91 Å². The Kier molecular flexibility index (Phi) is 7.63. The SMILES string of the molecule is CNC(=O)c1c(CC(=O)Nc2nc(C3=CC=C(CC(C)C)CC3)cs2)cccc1NC. The van der Waals surface area contributed by atoms with Crippen molar-refractivity contribution in [2.75, 3.05) is 24.7 Å². The van der Waals surface area contributed by atoms with Gasteiger partial charge in [-0.15, -0.1) is 11.3 Å². The lowest BCUT2D eigenvalue weighted by Crippen LogP contribution is -2.23. The van der Waals surface area contributed by atoms with E-state index in [0.717, 1.165) is 25.0 Å². The van der Waals surface area contributed by atoms with Gasteiger partial charge >= 0.3 is 0 Å². The van der Waals surface area contributed by atoms with Gasteiger partial charge in [-0.2, -0.15) is 0 Å². The van der Waals surface area contributed by atoms with Crippen molar-refractivity contribution >= 4 is 39.5 Å². The zero-order valence-corrected chi connectivity index (χ0v) is 19.4. The maximum Gasteiger partial charge on any atom is 0.253 e. The van der Waals surface area contributed by atoms with Crippen LogP contribution in [0.25, 0.3) is 5.57 Å². The van der Waals surface area contributed by atoms with Crippen molar-refractivity contribution in [3.05, 3.63) is 58.1 Å². The summed E-state index contributed by atoms with van der Waals surface area (Å²) < 4.78 is 0. The number of nitrogens with one attached hydrogen (secondary N) is 3. The van der Waals surface area contributed by atoms with E-state index in [1.807, 2.05) is 17.5 Å². The highest BCUT2D eigenvalue weighted by Crippen LogP contribution is 2.31. The summed E-state index contributed by atoms with van der Waals surface area (Å²) >= 11 is 1.42. The van der Waals surface area contributed by atoms with Gasteiger partial charge in [0, 0.05) is 25.2 Å². The molecule has 0 radical (unpaired) electrons. The van der Waals surface area contributed by atoms with Crippen molar-refractivity contribution in [1.82, 2.24) is 10.3 Å². The largest absolute Gasteiger partial charge is 0.387 e. The summed E-state index contributed by atoms with van der Waals surface area (Å²) in [5.74, 6) is 0.245. The number of benzene rings is 1. The van der Waals surface area contributed by atoms with Gasteiger partial charge in [0.05, 0.1) is 17.7 Å². The third-order valence-electron chi connectivity index (χ3n) is 5.21. The predicted octanol–water partition coefficient (Wildman–Crippen LogP) is 4.88. The number of allylic oxidation sites excluding steroid dienone is 4. The zero-order chi connectivity index (χ0) is 22.4. The molecule has 1 aliphatic carbocycles. The molecule has 7 heteroatoms. The molecule has 1 aromatic heterocycles. The molecule has 0 atom stereocenters. The van der Waals surface area contributed by atoms with Crippen LogP contribution in [0.2, 0.25) is 0 Å². The molecule has 0 fully saturated rings. The van der Waals surface area contributed by atoms with Gasteiger partial charge in [0.1, 0.15) is 0 Å². The highest BCUT2D eigenvalue weighted by atomic mass is 32.1. The smallest absolute Gasteiger partial charge is 0.253 e. The van der Waals surface area contributed by atoms with Gasteiger partial charge in [-0.3, -0.25) is 9.59 Å². The fourth-order valence-corrected chi connectivity index (χ4v) is 4.50. The number of carbonyl (C=O) groups excluding carboxylic acids is 2. The number of thiazole rings is 1. The first-order chi connectivity index (χ1) is 14.9. The molecule has 31 heavy (non-hydrogen) atoms. The van der Waals surface area contributed by atoms with Crippen molar-refractivity contribution in [2.24, 2.45) is 5.92 Å². The monoisotopic (exact) mass is 438 g/mol. The zero-order valence-electron chi connectivity index (χ0n) is 18.5. The summed E-state index contributed by atoms with van der Waals surface area (Å²) in [4.78, 5) is 29.6. The number of hydrogen-bond acceptors (Lipinski definition) is 5. The minimum atomic E-state index is -0.224. The first kappa shape index (κ1) is 22.7. The van der Waals surface area contributed by atoms with Gasteiger partial charge < -0.3 is 16.0 Å². The van der Waals surface area contributed by atoms with Crippen molar-refractivity contribution in [2.45, 2.75) is 39.5 Å². The van der Waals surface area contributed by atoms with Crippen molar-refractivity contribution in [1.29, 1.82) is 0 Å². The van der Waals surface area contributed by atoms with Gasteiger partial charge in [0.15, 0.2) is 5.13 Å². The molecule has 3 N–H and O–H groups in total. The van der Waals surface area contributed by atoms with E-state index in [0.29, 0.717) is 27.9 Å². The summed E-state index contributed by atoms with van der Waals surface area (Å²) in [6, 6.07) is 5.45. The fourth-order valence-electron chi connectivity index (χ4n) is 3.75. The van der Waals surface area contributed by atoms with Crippen LogP contribution in [0.3, 0.4) is 0 Å². The predicted molar refractivity (Wildman–Crippen MR) is 129 cm³/mol. The highest BCUT2D eigenvalue weighted by Gasteiger charge is 2.18. The van der Waals surface area contributed by atoms with Crippen LogP contribution in [-0.2, 0) is 11.2 Å². The van der Waals surface area contributed by atoms with E-state index in [1.165, 1.54) is 22.5 Å². The summed E-state index contributed by atoms with van der Waals surface area (Å²) in [7, 11) is 3.33. The van der Waals surface area contributed by atoms with Crippen molar-refractivity contribution in [3.63, 3.8) is 0 Å². The Bertz CT molecular complexity index is 1020. The van der Waals surface area contributed by atoms with E-state index in [1.54, 1.807) is 20.2 Å². The third kappa shape index (κ3) is 5.82. The Hall–Kier alpha value is -2.93. The second kappa shape index (κ2) is 10.4. The number of amides is 2. The van der Waals surface area contributed by atoms with Crippen LogP contribution in [0.15, 0.2) is 41.3 Å². The first-order valence-electron chi connectivity index (χ1n) is 10.6. The van der Waals surface area contributed by atoms with Crippen LogP contribution in [-0.4, -0.2) is 30.9 Å². The Balaban J connectivity index is 1.68. The van der Waals surface area contributed by atoms with Crippen LogP contribution in [0.5, 0.6) is 0 Å². The van der Waals surface area contributed by atoms with E-state index in [4.69, 9.17) is 0 Å². The lowest BCUT2D eigenvalue weighted by atomic mass is 9.91. The average molecular weight is 439 g/mol. The lowest BCUT2D eigenvalue weighted by Gasteiger charge is -2.15. The number of rotatable bonds is 8. The molecular weight excluding hydrogens is 408 g/mol. The summed E-state index contributed by atoms with van der Waals surface area (Å²) in [5.41, 5.74) is 5.45. The molecule has 6 nitrogen and oxygen atoms in total. The van der Waals surface area contributed by atoms with E-state index < -0.39 is 0 Å². The average Bonchev–Trinajstić information content (AvgIpc) is 3.21. The molecule has 0 aliphatic heterocycles. The minimum Gasteiger partial charge on any atom is -0.387 e. The van der Waals surface area contributed by atoms with Gasteiger partial charge in [0.25, 0.3) is 5.91 Å². The molecule has 0 bridgehead atoms. The molecule has 0 saturated carbocycles. The molecule has 164 valence electrons. The maximum absolute atomic E-state index is 12.7. The van der Waals surface area contributed by atoms with Crippen LogP contribution >= 0.6 is 11.3 Å². The van der Waals surface area contributed by atoms with Crippen LogP contribution in [0.1, 0.15) is 54.7 Å². The van der Waals surface area contributed by atoms with E-state index in [2.05, 4.69) is 46.9 Å². The summed E-state index contributed by atoms with van der Waals surface area (Å²) in [6.45, 7) is 4.48. The Morgan fingerprint density at radius 2 is 1.97 bits per heavy atom. The quantitative estimate of drug-likeness (QED) is 0.549. The van der Waals surface area contributed by atoms with Crippen LogP contribution in [0.4, 0.5) is 10.8 Å². The molecule has 1 heterocycles. The molecular formula is C24H30N4O2S. The number of hydrogen-bond donors (Lipinski definition) is 3. The Morgan fingerprint density at radius 3 is 2.61 bits per heavy atom. The number of aromatic nitrogens is 1. The molecule has 2 amide bonds. The van der Waals surface area contributed by atoms with Crippen LogP contribution < -0.4 is 16.0 Å². The summed E-state index contributed by atoms with van der Waals surface area (Å²) in [5, 5.41) is 11.1. The number of anilines is 2. The second-order valence-corrected chi connectivity index (χ2v) is 8.90. The van der Waals surface area contributed by atoms with Crippen LogP contribution in [0, 0.1) is 5.92 Å². The molecule has 1 aromatic carbocycles. The molecule has 3 rings (SSSR count).